The van der Waals surface area contributed by atoms with Crippen LogP contribution in [0.4, 0.5) is 11.4 Å². The van der Waals surface area contributed by atoms with E-state index >= 15 is 0 Å². The highest BCUT2D eigenvalue weighted by Gasteiger charge is 2.12. The number of sulfonamides is 1. The van der Waals surface area contributed by atoms with Crippen LogP contribution in [0.25, 0.3) is 11.1 Å². The van der Waals surface area contributed by atoms with Crippen LogP contribution in [0.1, 0.15) is 15.4 Å². The maximum Gasteiger partial charge on any atom is 0.236 e. The van der Waals surface area contributed by atoms with Crippen molar-refractivity contribution in [1.82, 2.24) is 10.5 Å². The fourth-order valence-corrected chi connectivity index (χ4v) is 4.20. The summed E-state index contributed by atoms with van der Waals surface area (Å²) >= 11 is 0. The molecular formula is C25H32N4O3S. The number of nitrogens with zero attached hydrogens (tertiary/aromatic N) is 1. The van der Waals surface area contributed by atoms with Crippen molar-refractivity contribution >= 4 is 21.4 Å². The summed E-state index contributed by atoms with van der Waals surface area (Å²) in [5.74, 6) is -0.0769. The van der Waals surface area contributed by atoms with E-state index in [0.717, 1.165) is 22.3 Å². The first-order valence-corrected chi connectivity index (χ1v) is 11.9. The van der Waals surface area contributed by atoms with Crippen LogP contribution in [0.2, 0.25) is 0 Å². The summed E-state index contributed by atoms with van der Waals surface area (Å²) in [6, 6.07) is 27.8. The number of rotatable bonds is 7. The summed E-state index contributed by atoms with van der Waals surface area (Å²) < 4.78 is 27.1. The highest BCUT2D eigenvalue weighted by Crippen LogP contribution is 2.20. The van der Waals surface area contributed by atoms with Crippen LogP contribution in [-0.2, 0) is 22.3 Å². The first-order valence-electron chi connectivity index (χ1n) is 10.2. The van der Waals surface area contributed by atoms with Crippen molar-refractivity contribution < 1.29 is 17.9 Å². The van der Waals surface area contributed by atoms with Crippen LogP contribution < -0.4 is 15.9 Å². The maximum atomic E-state index is 12.3. The van der Waals surface area contributed by atoms with E-state index in [1.54, 1.807) is 36.7 Å². The van der Waals surface area contributed by atoms with Gasteiger partial charge in [0.2, 0.25) is 10.0 Å². The highest BCUT2D eigenvalue weighted by atomic mass is 32.2. The third-order valence-electron chi connectivity index (χ3n) is 4.63. The number of hydroxylamine groups is 1. The first-order chi connectivity index (χ1) is 15.9. The molecule has 0 saturated carbocycles. The molecule has 0 radical (unpaired) electrons. The molecule has 1 aromatic heterocycles. The molecule has 0 saturated heterocycles. The molecule has 7 nitrogen and oxygen atoms in total. The standard InChI is InChI=1S/C19H18N2O2S.C6H8N2O.3H2/c20-18-10-12-19(13-11-18)21-24(22,23)14-15-6-8-17(9-7-15)16-4-2-1-3-5-16;9-8-5-6-1-3-7-4-2-6;;;/h1-13,21H,14,20H2;1-4,8-9H,5H2;3*1H. The second-order valence-electron chi connectivity index (χ2n) is 7.24. The van der Waals surface area contributed by atoms with Crippen molar-refractivity contribution in [2.75, 3.05) is 10.5 Å². The van der Waals surface area contributed by atoms with Crippen molar-refractivity contribution in [3.63, 3.8) is 0 Å². The molecule has 4 rings (SSSR count). The molecule has 0 fully saturated rings. The van der Waals surface area contributed by atoms with Gasteiger partial charge in [-0.3, -0.25) is 9.71 Å². The van der Waals surface area contributed by atoms with Crippen LogP contribution in [0.15, 0.2) is 103 Å². The average molecular weight is 469 g/mol. The molecule has 0 amide bonds. The number of hydrogen-bond acceptors (Lipinski definition) is 6. The SMILES string of the molecule is Nc1ccc(NS(=O)(=O)Cc2ccc(-c3ccccc3)cc2)cc1.ONCc1ccncc1.[HH].[HH].[HH]. The summed E-state index contributed by atoms with van der Waals surface area (Å²) in [4.78, 5) is 3.82. The Labute approximate surface area is 198 Å². The fourth-order valence-electron chi connectivity index (χ4n) is 3.00. The van der Waals surface area contributed by atoms with Gasteiger partial charge >= 0.3 is 0 Å². The van der Waals surface area contributed by atoms with E-state index in [1.165, 1.54) is 0 Å². The predicted octanol–water partition coefficient (Wildman–Crippen LogP) is 5.18. The normalized spacial score (nSPS) is 10.7. The van der Waals surface area contributed by atoms with Crippen LogP contribution in [-0.4, -0.2) is 18.6 Å². The Balaban J connectivity index is 0.000000875. The van der Waals surface area contributed by atoms with Crippen molar-refractivity contribution in [3.05, 3.63) is 115 Å². The van der Waals surface area contributed by atoms with E-state index in [1.807, 2.05) is 66.7 Å². The van der Waals surface area contributed by atoms with Gasteiger partial charge < -0.3 is 10.9 Å². The van der Waals surface area contributed by atoms with Crippen LogP contribution in [0.5, 0.6) is 0 Å². The zero-order valence-electron chi connectivity index (χ0n) is 17.9. The molecule has 0 unspecified atom stereocenters. The van der Waals surface area contributed by atoms with E-state index in [9.17, 15) is 8.42 Å². The number of nitrogens with one attached hydrogen (secondary N) is 2. The number of aromatic nitrogens is 1. The molecule has 1 heterocycles. The lowest BCUT2D eigenvalue weighted by atomic mass is 10.0. The minimum Gasteiger partial charge on any atom is -0.399 e. The first kappa shape index (κ1) is 23.9. The summed E-state index contributed by atoms with van der Waals surface area (Å²) in [6.07, 6.45) is 3.37. The quantitative estimate of drug-likeness (QED) is 0.219. The highest BCUT2D eigenvalue weighted by molar-refractivity contribution is 7.91. The third-order valence-corrected chi connectivity index (χ3v) is 5.89. The van der Waals surface area contributed by atoms with Gasteiger partial charge in [-0.2, -0.15) is 0 Å². The number of anilines is 2. The van der Waals surface area contributed by atoms with Crippen molar-refractivity contribution in [3.8, 4) is 11.1 Å². The molecule has 8 heteroatoms. The summed E-state index contributed by atoms with van der Waals surface area (Å²) in [7, 11) is -3.47. The maximum absolute atomic E-state index is 12.3. The Morgan fingerprint density at radius 2 is 1.39 bits per heavy atom. The minimum absolute atomic E-state index is 0. The average Bonchev–Trinajstić information content (AvgIpc) is 2.83. The zero-order valence-corrected chi connectivity index (χ0v) is 18.7. The van der Waals surface area contributed by atoms with Gasteiger partial charge in [-0.1, -0.05) is 54.6 Å². The largest absolute Gasteiger partial charge is 0.399 e. The molecule has 3 aromatic carbocycles. The minimum atomic E-state index is -3.47. The van der Waals surface area contributed by atoms with Gasteiger partial charge in [0.1, 0.15) is 0 Å². The fraction of sp³-hybridized carbons (Fsp3) is 0.0800. The Hall–Kier alpha value is -3.72. The van der Waals surface area contributed by atoms with Gasteiger partial charge in [0.05, 0.1) is 5.75 Å². The second kappa shape index (κ2) is 11.8. The topological polar surface area (TPSA) is 117 Å². The zero-order chi connectivity index (χ0) is 23.5. The Bertz CT molecular complexity index is 1230. The molecular weight excluding hydrogens is 436 g/mol. The third kappa shape index (κ3) is 8.04. The van der Waals surface area contributed by atoms with Gasteiger partial charge in [0, 0.05) is 34.6 Å². The molecule has 33 heavy (non-hydrogen) atoms. The van der Waals surface area contributed by atoms with Crippen molar-refractivity contribution in [1.29, 1.82) is 0 Å². The number of nitrogen functional groups attached to an aromatic ring is 1. The predicted molar refractivity (Wildman–Crippen MR) is 138 cm³/mol. The molecule has 0 atom stereocenters. The summed E-state index contributed by atoms with van der Waals surface area (Å²) in [5, 5.41) is 8.25. The van der Waals surface area contributed by atoms with E-state index in [-0.39, 0.29) is 10.0 Å². The van der Waals surface area contributed by atoms with Gasteiger partial charge in [-0.15, -0.1) is 0 Å². The van der Waals surface area contributed by atoms with E-state index in [4.69, 9.17) is 10.9 Å². The monoisotopic (exact) mass is 468 g/mol. The Morgan fingerprint density at radius 3 is 2.00 bits per heavy atom. The molecule has 0 spiro atoms. The molecule has 5 N–H and O–H groups in total. The van der Waals surface area contributed by atoms with Gasteiger partial charge in [0.15, 0.2) is 0 Å². The second-order valence-corrected chi connectivity index (χ2v) is 8.96. The molecule has 4 aromatic rings. The lowest BCUT2D eigenvalue weighted by molar-refractivity contribution is 0.161. The number of pyridine rings is 1. The van der Waals surface area contributed by atoms with Crippen LogP contribution >= 0.6 is 0 Å². The molecule has 0 aliphatic carbocycles. The summed E-state index contributed by atoms with van der Waals surface area (Å²) in [5.41, 5.74) is 12.7. The Kier molecular flexibility index (Phi) is 8.54. The molecule has 0 bridgehead atoms. The Morgan fingerprint density at radius 1 is 0.788 bits per heavy atom. The van der Waals surface area contributed by atoms with Gasteiger partial charge in [-0.25, -0.2) is 13.9 Å². The number of nitrogens with two attached hydrogens (primary N) is 1. The van der Waals surface area contributed by atoms with Gasteiger partial charge in [0.25, 0.3) is 0 Å². The van der Waals surface area contributed by atoms with Gasteiger partial charge in [-0.05, 0) is 58.7 Å². The van der Waals surface area contributed by atoms with E-state index in [2.05, 4.69) is 15.2 Å². The molecule has 0 aliphatic rings. The van der Waals surface area contributed by atoms with Crippen molar-refractivity contribution in [2.24, 2.45) is 0 Å². The number of hydrogen-bond donors (Lipinski definition) is 4. The number of benzene rings is 3. The van der Waals surface area contributed by atoms with E-state index < -0.39 is 10.0 Å². The molecule has 0 aliphatic heterocycles. The van der Waals surface area contributed by atoms with Crippen LogP contribution in [0, 0.1) is 0 Å². The smallest absolute Gasteiger partial charge is 0.236 e. The van der Waals surface area contributed by atoms with Crippen molar-refractivity contribution in [2.45, 2.75) is 12.3 Å². The summed E-state index contributed by atoms with van der Waals surface area (Å²) in [6.45, 7) is 0.475. The van der Waals surface area contributed by atoms with Crippen LogP contribution in [0.3, 0.4) is 0 Å². The lowest BCUT2D eigenvalue weighted by Crippen LogP contribution is -2.15. The molecule has 176 valence electrons. The lowest BCUT2D eigenvalue weighted by Gasteiger charge is -2.09. The van der Waals surface area contributed by atoms with E-state index in [0.29, 0.717) is 17.9 Å².